The van der Waals surface area contributed by atoms with Crippen LogP contribution in [-0.2, 0) is 73.8 Å². The standard InChI is InChI=1S/C82H110ClN17O13/c1-50(2)41-66(77(108)95-65(26-11-13-38-90-51(3)4)82(113)100-40-18-27-70(100)81(112)92-52(5)72(85)103)97-76(107)64(24-9-12-34-86-46-56-20-16-36-88-47-56)93-75(106)63(25-10-14-39-91-73(104)59-22-17-37-89-48-59)94-80(111)69(49-101)99-79(110)68(43-55-19-15-35-87-45-55)98-78(109)67(42-54-28-32-60(83)33-29-54)96-74(105)62(84)44-58-31-30-57-21-7-8-23-61(57)71(58)53(6)102/h7-8,15-17,19-23,28-33,35-37,45,47-48,50-52,62-70,86,90,101H,9-14,18,24-27,34,38-44,46,49,84H2,1-6H3,(H2,85,103)(H,91,104)(H,92,112)(H,93,106)(H,94,111)(H,95,108)(H,96,105)(H,97,107)(H,98,109)(H,99,110)/t52-,62-,63+,64-,65+,66+,67+,68-,69+,70+/m1/s1. The number of amides is 11. The van der Waals surface area contributed by atoms with E-state index in [1.54, 1.807) is 79.1 Å². The van der Waals surface area contributed by atoms with Crippen molar-refractivity contribution in [1.29, 1.82) is 0 Å². The van der Waals surface area contributed by atoms with E-state index in [4.69, 9.17) is 23.1 Å². The maximum absolute atomic E-state index is 15.2. The molecule has 4 heterocycles. The van der Waals surface area contributed by atoms with Crippen molar-refractivity contribution < 1.29 is 62.6 Å². The average molecular weight is 1580 g/mol. The maximum Gasteiger partial charge on any atom is 0.252 e. The van der Waals surface area contributed by atoms with Crippen molar-refractivity contribution in [2.24, 2.45) is 17.4 Å². The Morgan fingerprint density at radius 2 is 1.07 bits per heavy atom. The van der Waals surface area contributed by atoms with Crippen LogP contribution in [0.1, 0.15) is 162 Å². The van der Waals surface area contributed by atoms with Gasteiger partial charge in [-0.05, 0) is 186 Å². The number of hydrogen-bond acceptors (Lipinski definition) is 19. The molecular weight excluding hydrogens is 1470 g/mol. The Kier molecular flexibility index (Phi) is 36.7. The summed E-state index contributed by atoms with van der Waals surface area (Å²) in [6.45, 7) is 11.4. The highest BCUT2D eigenvalue weighted by atomic mass is 35.5. The van der Waals surface area contributed by atoms with Gasteiger partial charge in [-0.25, -0.2) is 0 Å². The van der Waals surface area contributed by atoms with Crippen LogP contribution >= 0.6 is 11.6 Å². The molecule has 1 saturated heterocycles. The first-order chi connectivity index (χ1) is 54.2. The number of rotatable bonds is 47. The number of nitrogens with zero attached hydrogens (tertiary/aromatic N) is 4. The van der Waals surface area contributed by atoms with Crippen LogP contribution in [0.2, 0.25) is 5.02 Å². The number of nitrogens with one attached hydrogen (secondary N) is 11. The van der Waals surface area contributed by atoms with Crippen LogP contribution in [-0.4, -0.2) is 195 Å². The number of Topliss-reactive ketones (excluding diaryl/α,β-unsaturated/α-hetero) is 1. The Labute approximate surface area is 664 Å². The second-order valence-electron chi connectivity index (χ2n) is 29.3. The Morgan fingerprint density at radius 1 is 0.540 bits per heavy atom. The number of primary amides is 1. The molecule has 7 rings (SSSR count). The highest BCUT2D eigenvalue weighted by molar-refractivity contribution is 6.30. The minimum atomic E-state index is -1.80. The number of aliphatic hydroxyl groups is 1. The predicted octanol–water partition coefficient (Wildman–Crippen LogP) is 3.38. The molecular formula is C82H110ClN17O13. The highest BCUT2D eigenvalue weighted by Crippen LogP contribution is 2.26. The summed E-state index contributed by atoms with van der Waals surface area (Å²) in [5.74, 6) is -8.76. The Bertz CT molecular complexity index is 4150. The number of unbranched alkanes of at least 4 members (excludes halogenated alkanes) is 3. The fraction of sp³-hybridized carbons (Fsp3) is 0.476. The summed E-state index contributed by atoms with van der Waals surface area (Å²) in [6.07, 6.45) is 12.1. The van der Waals surface area contributed by atoms with Crippen molar-refractivity contribution >= 4 is 93.1 Å². The summed E-state index contributed by atoms with van der Waals surface area (Å²) in [7, 11) is 0. The molecule has 0 unspecified atom stereocenters. The third kappa shape index (κ3) is 29.4. The van der Waals surface area contributed by atoms with Gasteiger partial charge in [0.25, 0.3) is 5.91 Å². The van der Waals surface area contributed by atoms with Crippen molar-refractivity contribution in [3.8, 4) is 0 Å². The van der Waals surface area contributed by atoms with Gasteiger partial charge >= 0.3 is 0 Å². The molecule has 1 aliphatic heterocycles. The third-order valence-corrected chi connectivity index (χ3v) is 19.6. The van der Waals surface area contributed by atoms with E-state index >= 15 is 9.59 Å². The Balaban J connectivity index is 1.14. The van der Waals surface area contributed by atoms with E-state index in [9.17, 15) is 53.1 Å². The highest BCUT2D eigenvalue weighted by Gasteiger charge is 2.40. The van der Waals surface area contributed by atoms with Gasteiger partial charge in [0.15, 0.2) is 5.78 Å². The summed E-state index contributed by atoms with van der Waals surface area (Å²) in [5, 5.41) is 44.4. The number of hydrogen-bond donors (Lipinski definition) is 14. The second kappa shape index (κ2) is 46.4. The SMILES string of the molecule is CC(=O)c1c(C[C@@H](N)C(=O)N[C@@H](Cc2ccc(Cl)cc2)C(=O)N[C@H](Cc2cccnc2)C(=O)N[C@@H](CO)C(=O)N[C@@H](CCCCNC(=O)c2cccnc2)C(=O)N[C@H](CCCCNCc2cccnc2)C(=O)N[C@@H](CC(C)C)C(=O)N[C@@H](CCCCNC(C)C)C(=O)N2CCC[C@H]2C(=O)N[C@H](C)C(N)=O)ccc2ccccc12. The van der Waals surface area contributed by atoms with E-state index in [0.29, 0.717) is 96.4 Å². The number of aliphatic hydroxyl groups excluding tert-OH is 1. The van der Waals surface area contributed by atoms with Crippen molar-refractivity contribution in [2.45, 2.75) is 211 Å². The van der Waals surface area contributed by atoms with Crippen molar-refractivity contribution in [3.63, 3.8) is 0 Å². The summed E-state index contributed by atoms with van der Waals surface area (Å²) in [6, 6.07) is 14.4. The lowest BCUT2D eigenvalue weighted by molar-refractivity contribution is -0.142. The first-order valence-electron chi connectivity index (χ1n) is 38.7. The molecule has 11 amide bonds. The zero-order valence-electron chi connectivity index (χ0n) is 65.1. The average Bonchev–Trinajstić information content (AvgIpc) is 1.26. The number of carbonyl (C=O) groups is 12. The van der Waals surface area contributed by atoms with Gasteiger partial charge in [0, 0.05) is 86.3 Å². The molecule has 0 radical (unpaired) electrons. The van der Waals surface area contributed by atoms with Gasteiger partial charge in [0.1, 0.15) is 54.4 Å². The normalized spacial score (nSPS) is 15.0. The molecule has 16 N–H and O–H groups in total. The van der Waals surface area contributed by atoms with Crippen LogP contribution in [0.25, 0.3) is 10.8 Å². The van der Waals surface area contributed by atoms with E-state index in [-0.39, 0.29) is 88.6 Å². The topological polar surface area (TPSA) is 451 Å². The summed E-state index contributed by atoms with van der Waals surface area (Å²) in [4.78, 5) is 184. The monoisotopic (exact) mass is 1580 g/mol. The molecule has 0 spiro atoms. The molecule has 0 aliphatic carbocycles. The third-order valence-electron chi connectivity index (χ3n) is 19.3. The van der Waals surface area contributed by atoms with Crippen LogP contribution in [0.4, 0.5) is 0 Å². The van der Waals surface area contributed by atoms with Crippen LogP contribution < -0.4 is 70.0 Å². The van der Waals surface area contributed by atoms with E-state index in [1.807, 2.05) is 58.0 Å². The molecule has 3 aromatic carbocycles. The van der Waals surface area contributed by atoms with Crippen LogP contribution in [0, 0.1) is 5.92 Å². The van der Waals surface area contributed by atoms with Crippen LogP contribution in [0.15, 0.2) is 134 Å². The van der Waals surface area contributed by atoms with Crippen LogP contribution in [0.3, 0.4) is 0 Å². The fourth-order valence-corrected chi connectivity index (χ4v) is 13.3. The van der Waals surface area contributed by atoms with Crippen LogP contribution in [0.5, 0.6) is 0 Å². The van der Waals surface area contributed by atoms with Gasteiger partial charge in [-0.2, -0.15) is 0 Å². The lowest BCUT2D eigenvalue weighted by Gasteiger charge is -2.31. The zero-order valence-corrected chi connectivity index (χ0v) is 65.9. The van der Waals surface area contributed by atoms with E-state index in [2.05, 4.69) is 73.4 Å². The molecule has 6 aromatic rings. The van der Waals surface area contributed by atoms with Gasteiger partial charge in [-0.1, -0.05) is 100.0 Å². The first kappa shape index (κ1) is 89.5. The molecule has 0 saturated carbocycles. The lowest BCUT2D eigenvalue weighted by Crippen LogP contribution is -2.61. The second-order valence-corrected chi connectivity index (χ2v) is 29.7. The number of benzene rings is 3. The number of halogens is 1. The Hall–Kier alpha value is -10.7. The van der Waals surface area contributed by atoms with Gasteiger partial charge in [0.2, 0.25) is 59.1 Å². The summed E-state index contributed by atoms with van der Waals surface area (Å²) in [5.41, 5.74) is 15.2. The molecule has 3 aromatic heterocycles. The smallest absolute Gasteiger partial charge is 0.252 e. The van der Waals surface area contributed by atoms with Gasteiger partial charge in [0.05, 0.1) is 18.2 Å². The Morgan fingerprint density at radius 3 is 1.66 bits per heavy atom. The van der Waals surface area contributed by atoms with E-state index in [1.165, 1.54) is 43.5 Å². The van der Waals surface area contributed by atoms with Crippen molar-refractivity contribution in [2.75, 3.05) is 32.8 Å². The minimum Gasteiger partial charge on any atom is -0.394 e. The number of nitrogens with two attached hydrogens (primary N) is 2. The number of carbonyl (C=O) groups excluding carboxylic acids is 12. The van der Waals surface area contributed by atoms with Crippen molar-refractivity contribution in [1.82, 2.24) is 78.3 Å². The van der Waals surface area contributed by atoms with E-state index in [0.717, 1.165) is 10.9 Å². The minimum absolute atomic E-state index is 0.00516. The molecule has 1 fully saturated rings. The quantitative estimate of drug-likeness (QED) is 0.0192. The first-order valence-corrected chi connectivity index (χ1v) is 39.1. The van der Waals surface area contributed by atoms with Gasteiger partial charge in [-0.3, -0.25) is 72.5 Å². The number of pyridine rings is 3. The number of fused-ring (bicyclic) bond motifs is 1. The number of aromatic nitrogens is 3. The summed E-state index contributed by atoms with van der Waals surface area (Å²) >= 11 is 6.26. The van der Waals surface area contributed by atoms with E-state index < -0.39 is 132 Å². The predicted molar refractivity (Wildman–Crippen MR) is 428 cm³/mol. The molecule has 10 atom stereocenters. The summed E-state index contributed by atoms with van der Waals surface area (Å²) < 4.78 is 0. The molecule has 1 aliphatic rings. The fourth-order valence-electron chi connectivity index (χ4n) is 13.2. The zero-order chi connectivity index (χ0) is 81.9. The number of ketones is 1. The molecule has 113 heavy (non-hydrogen) atoms. The molecule has 0 bridgehead atoms. The molecule has 30 nitrogen and oxygen atoms in total. The van der Waals surface area contributed by atoms with Gasteiger partial charge < -0.3 is 80.0 Å². The molecule has 31 heteroatoms. The molecule has 608 valence electrons. The lowest BCUT2D eigenvalue weighted by atomic mass is 9.92. The number of likely N-dealkylation sites (tertiary alicyclic amines) is 1. The largest absolute Gasteiger partial charge is 0.394 e. The van der Waals surface area contributed by atoms with Gasteiger partial charge in [-0.15, -0.1) is 0 Å². The maximum atomic E-state index is 15.2. The van der Waals surface area contributed by atoms with Crippen molar-refractivity contribution in [3.05, 3.63) is 173 Å².